The normalized spacial score (nSPS) is 14.3. The number of aromatic nitrogens is 1. The Labute approximate surface area is 167 Å². The van der Waals surface area contributed by atoms with Gasteiger partial charge in [-0.2, -0.15) is 0 Å². The smallest absolute Gasteiger partial charge is 0.258 e. The van der Waals surface area contributed by atoms with Gasteiger partial charge in [0.1, 0.15) is 5.82 Å². The highest BCUT2D eigenvalue weighted by Crippen LogP contribution is 2.31. The summed E-state index contributed by atoms with van der Waals surface area (Å²) in [6.07, 6.45) is 2.83. The van der Waals surface area contributed by atoms with Gasteiger partial charge in [0, 0.05) is 30.4 Å². The Morgan fingerprint density at radius 1 is 1.18 bits per heavy atom. The fourth-order valence-electron chi connectivity index (χ4n) is 3.33. The maximum absolute atomic E-state index is 13.8. The van der Waals surface area contributed by atoms with Crippen molar-refractivity contribution in [2.45, 2.75) is 13.3 Å². The average Bonchev–Trinajstić information content (AvgIpc) is 3.24. The predicted molar refractivity (Wildman–Crippen MR) is 112 cm³/mol. The van der Waals surface area contributed by atoms with Crippen LogP contribution in [-0.2, 0) is 0 Å². The summed E-state index contributed by atoms with van der Waals surface area (Å²) in [5, 5.41) is 5.79. The fraction of sp³-hybridized carbons (Fsp3) is 0.182. The number of hydrogen-bond donors (Lipinski definition) is 1. The number of thiazole rings is 1. The molecular formula is C22H20FN3OS. The molecule has 0 radical (unpaired) electrons. The van der Waals surface area contributed by atoms with Crippen LogP contribution >= 0.6 is 11.3 Å². The molecule has 2 aromatic carbocycles. The first-order valence-corrected chi connectivity index (χ1v) is 9.99. The van der Waals surface area contributed by atoms with E-state index < -0.39 is 11.7 Å². The second kappa shape index (κ2) is 7.94. The summed E-state index contributed by atoms with van der Waals surface area (Å²) in [5.41, 5.74) is 4.46. The molecule has 0 aliphatic carbocycles. The molecule has 1 N–H and O–H groups in total. The van der Waals surface area contributed by atoms with Crippen molar-refractivity contribution in [1.82, 2.24) is 4.98 Å². The Kier molecular flexibility index (Phi) is 5.21. The molecule has 4 rings (SSSR count). The maximum Gasteiger partial charge on any atom is 0.258 e. The van der Waals surface area contributed by atoms with Crippen molar-refractivity contribution in [3.05, 3.63) is 82.6 Å². The van der Waals surface area contributed by atoms with Crippen LogP contribution in [-0.4, -0.2) is 24.0 Å². The topological polar surface area (TPSA) is 45.2 Å². The minimum atomic E-state index is -0.526. The van der Waals surface area contributed by atoms with E-state index in [1.54, 1.807) is 23.5 Å². The molecular weight excluding hydrogens is 373 g/mol. The molecule has 0 bridgehead atoms. The van der Waals surface area contributed by atoms with Gasteiger partial charge in [-0.25, -0.2) is 9.37 Å². The minimum absolute atomic E-state index is 0.0384. The molecule has 1 aromatic heterocycles. The fourth-order valence-corrected chi connectivity index (χ4v) is 4.00. The summed E-state index contributed by atoms with van der Waals surface area (Å²) in [6.45, 7) is 3.96. The lowest BCUT2D eigenvalue weighted by Crippen LogP contribution is -2.30. The molecule has 0 unspecified atom stereocenters. The Hall–Kier alpha value is -2.99. The van der Waals surface area contributed by atoms with Gasteiger partial charge in [-0.15, -0.1) is 11.3 Å². The largest absolute Gasteiger partial charge is 0.343 e. The lowest BCUT2D eigenvalue weighted by Gasteiger charge is -2.30. The monoisotopic (exact) mass is 393 g/mol. The number of amides is 1. The standard InChI is InChI=1S/C22H20FN3OS/c1-15-10-12-26(22-24-11-13-28-22)14-19(15)16-6-8-17(9-7-16)25-21(27)18-4-2-3-5-20(18)23/h2-9,11,13H,10,12,14H2,1H3,(H,25,27). The van der Waals surface area contributed by atoms with E-state index in [1.807, 2.05) is 35.8 Å². The molecule has 6 heteroatoms. The van der Waals surface area contributed by atoms with Crippen LogP contribution in [0.5, 0.6) is 0 Å². The molecule has 1 aliphatic rings. The second-order valence-electron chi connectivity index (χ2n) is 6.76. The Balaban J connectivity index is 1.50. The number of halogens is 1. The quantitative estimate of drug-likeness (QED) is 0.661. The van der Waals surface area contributed by atoms with E-state index in [9.17, 15) is 9.18 Å². The molecule has 0 spiro atoms. The molecule has 1 aliphatic heterocycles. The van der Waals surface area contributed by atoms with Gasteiger partial charge in [0.05, 0.1) is 5.56 Å². The van der Waals surface area contributed by atoms with E-state index in [0.717, 1.165) is 30.2 Å². The van der Waals surface area contributed by atoms with Gasteiger partial charge in [0.15, 0.2) is 5.13 Å². The summed E-state index contributed by atoms with van der Waals surface area (Å²) >= 11 is 1.65. The van der Waals surface area contributed by atoms with E-state index in [4.69, 9.17) is 0 Å². The van der Waals surface area contributed by atoms with Crippen molar-refractivity contribution in [2.24, 2.45) is 0 Å². The van der Waals surface area contributed by atoms with E-state index in [-0.39, 0.29) is 5.56 Å². The molecule has 1 amide bonds. The van der Waals surface area contributed by atoms with E-state index in [0.29, 0.717) is 5.69 Å². The SMILES string of the molecule is CC1=C(c2ccc(NC(=O)c3ccccc3F)cc2)CN(c2nccs2)CC1. The Bertz CT molecular complexity index is 1010. The number of nitrogens with one attached hydrogen (secondary N) is 1. The van der Waals surface area contributed by atoms with Crippen LogP contribution in [0.2, 0.25) is 0 Å². The third kappa shape index (κ3) is 3.82. The van der Waals surface area contributed by atoms with E-state index in [1.165, 1.54) is 23.3 Å². The van der Waals surface area contributed by atoms with E-state index in [2.05, 4.69) is 22.1 Å². The van der Waals surface area contributed by atoms with Crippen LogP contribution in [0.25, 0.3) is 5.57 Å². The first-order chi connectivity index (χ1) is 13.6. The van der Waals surface area contributed by atoms with Crippen molar-refractivity contribution in [1.29, 1.82) is 0 Å². The summed E-state index contributed by atoms with van der Waals surface area (Å²) < 4.78 is 13.8. The molecule has 2 heterocycles. The highest BCUT2D eigenvalue weighted by molar-refractivity contribution is 7.13. The number of carbonyl (C=O) groups is 1. The van der Waals surface area contributed by atoms with Gasteiger partial charge >= 0.3 is 0 Å². The first-order valence-electron chi connectivity index (χ1n) is 9.11. The van der Waals surface area contributed by atoms with Gasteiger partial charge in [-0.1, -0.05) is 29.8 Å². The maximum atomic E-state index is 13.8. The number of nitrogens with zero attached hydrogens (tertiary/aromatic N) is 2. The van der Waals surface area contributed by atoms with Gasteiger partial charge in [-0.3, -0.25) is 4.79 Å². The molecule has 0 saturated carbocycles. The van der Waals surface area contributed by atoms with Gasteiger partial charge in [0.25, 0.3) is 5.91 Å². The number of rotatable bonds is 4. The zero-order valence-electron chi connectivity index (χ0n) is 15.5. The van der Waals surface area contributed by atoms with Gasteiger partial charge in [0.2, 0.25) is 0 Å². The summed E-state index contributed by atoms with van der Waals surface area (Å²) in [4.78, 5) is 19.0. The van der Waals surface area contributed by atoms with Crippen molar-refractivity contribution < 1.29 is 9.18 Å². The molecule has 3 aromatic rings. The van der Waals surface area contributed by atoms with Crippen LogP contribution in [0, 0.1) is 5.82 Å². The third-order valence-corrected chi connectivity index (χ3v) is 5.75. The molecule has 0 atom stereocenters. The number of benzene rings is 2. The van der Waals surface area contributed by atoms with Crippen LogP contribution < -0.4 is 10.2 Å². The van der Waals surface area contributed by atoms with Crippen molar-refractivity contribution in [3.63, 3.8) is 0 Å². The average molecular weight is 393 g/mol. The van der Waals surface area contributed by atoms with Gasteiger partial charge < -0.3 is 10.2 Å². The van der Waals surface area contributed by atoms with Crippen LogP contribution in [0.3, 0.4) is 0 Å². The summed E-state index contributed by atoms with van der Waals surface area (Å²) in [5.74, 6) is -0.976. The van der Waals surface area contributed by atoms with E-state index >= 15 is 0 Å². The second-order valence-corrected chi connectivity index (χ2v) is 7.63. The van der Waals surface area contributed by atoms with Crippen molar-refractivity contribution in [3.8, 4) is 0 Å². The lowest BCUT2D eigenvalue weighted by atomic mass is 9.95. The Morgan fingerprint density at radius 3 is 2.68 bits per heavy atom. The summed E-state index contributed by atoms with van der Waals surface area (Å²) in [7, 11) is 0. The van der Waals surface area contributed by atoms with Crippen molar-refractivity contribution in [2.75, 3.05) is 23.3 Å². The highest BCUT2D eigenvalue weighted by atomic mass is 32.1. The highest BCUT2D eigenvalue weighted by Gasteiger charge is 2.20. The molecule has 0 saturated heterocycles. The zero-order valence-corrected chi connectivity index (χ0v) is 16.3. The van der Waals surface area contributed by atoms with Crippen LogP contribution in [0.4, 0.5) is 15.2 Å². The number of hydrogen-bond acceptors (Lipinski definition) is 4. The van der Waals surface area contributed by atoms with Crippen LogP contribution in [0.15, 0.2) is 65.7 Å². The van der Waals surface area contributed by atoms with Gasteiger partial charge in [-0.05, 0) is 48.7 Å². The predicted octanol–water partition coefficient (Wildman–Crippen LogP) is 5.22. The summed E-state index contributed by atoms with van der Waals surface area (Å²) in [6, 6.07) is 13.7. The number of carbonyl (C=O) groups excluding carboxylic acids is 1. The first kappa shape index (κ1) is 18.4. The third-order valence-electron chi connectivity index (χ3n) is 4.92. The van der Waals surface area contributed by atoms with Crippen LogP contribution in [0.1, 0.15) is 29.3 Å². The number of anilines is 2. The lowest BCUT2D eigenvalue weighted by molar-refractivity contribution is 0.102. The molecule has 0 fully saturated rings. The Morgan fingerprint density at radius 2 is 1.96 bits per heavy atom. The minimum Gasteiger partial charge on any atom is -0.343 e. The molecule has 4 nitrogen and oxygen atoms in total. The van der Waals surface area contributed by atoms with Crippen molar-refractivity contribution >= 4 is 33.6 Å². The molecule has 142 valence electrons. The molecule has 28 heavy (non-hydrogen) atoms. The zero-order chi connectivity index (χ0) is 19.5.